The molecule has 1 aliphatic rings. The van der Waals surface area contributed by atoms with Gasteiger partial charge in [-0.25, -0.2) is 0 Å². The molecule has 2 rings (SSSR count). The Labute approximate surface area is 131 Å². The molecule has 1 atom stereocenters. The third kappa shape index (κ3) is 4.87. The Hall–Kier alpha value is -2.25. The fourth-order valence-electron chi connectivity index (χ4n) is 2.59. The van der Waals surface area contributed by atoms with E-state index in [4.69, 9.17) is 0 Å². The van der Waals surface area contributed by atoms with E-state index in [0.29, 0.717) is 24.9 Å². The van der Waals surface area contributed by atoms with Crippen LogP contribution in [0.15, 0.2) is 24.3 Å². The number of alkyl halides is 3. The predicted molar refractivity (Wildman–Crippen MR) is 75.6 cm³/mol. The van der Waals surface area contributed by atoms with Crippen molar-refractivity contribution in [1.82, 2.24) is 10.2 Å². The topological polar surface area (TPSA) is 69.6 Å². The lowest BCUT2D eigenvalue weighted by atomic mass is 10.1. The number of rotatable bonds is 4. The van der Waals surface area contributed by atoms with Crippen molar-refractivity contribution in [2.45, 2.75) is 31.5 Å². The van der Waals surface area contributed by atoms with Crippen LogP contribution in [0.5, 0.6) is 5.75 Å². The summed E-state index contributed by atoms with van der Waals surface area (Å²) in [7, 11) is 0. The molecule has 0 unspecified atom stereocenters. The van der Waals surface area contributed by atoms with Crippen LogP contribution in [0.3, 0.4) is 0 Å². The van der Waals surface area contributed by atoms with Gasteiger partial charge >= 0.3 is 6.18 Å². The summed E-state index contributed by atoms with van der Waals surface area (Å²) in [5.41, 5.74) is 0.580. The molecule has 1 aliphatic heterocycles. The zero-order valence-corrected chi connectivity index (χ0v) is 12.3. The molecule has 0 aliphatic carbocycles. The fraction of sp³-hybridized carbons (Fsp3) is 0.467. The maximum absolute atomic E-state index is 12.3. The zero-order chi connectivity index (χ0) is 17.0. The molecule has 1 saturated heterocycles. The number of phenols is 1. The molecule has 1 aromatic rings. The molecule has 0 radical (unpaired) electrons. The van der Waals surface area contributed by atoms with Crippen LogP contribution in [-0.4, -0.2) is 47.1 Å². The second kappa shape index (κ2) is 6.89. The van der Waals surface area contributed by atoms with Gasteiger partial charge in [-0.05, 0) is 30.5 Å². The molecule has 0 aromatic heterocycles. The van der Waals surface area contributed by atoms with Crippen molar-refractivity contribution in [2.24, 2.45) is 0 Å². The van der Waals surface area contributed by atoms with E-state index in [-0.39, 0.29) is 18.1 Å². The number of halogens is 3. The van der Waals surface area contributed by atoms with Crippen molar-refractivity contribution >= 4 is 11.8 Å². The number of likely N-dealkylation sites (tertiary alicyclic amines) is 1. The molecule has 1 fully saturated rings. The summed E-state index contributed by atoms with van der Waals surface area (Å²) in [6, 6.07) is 5.29. The van der Waals surface area contributed by atoms with Crippen LogP contribution >= 0.6 is 0 Å². The summed E-state index contributed by atoms with van der Waals surface area (Å²) in [4.78, 5) is 25.5. The summed E-state index contributed by atoms with van der Waals surface area (Å²) in [5.74, 6) is -1.11. The first-order chi connectivity index (χ1) is 10.8. The summed E-state index contributed by atoms with van der Waals surface area (Å²) in [6.07, 6.45) is -3.59. The molecular formula is C15H17F3N2O3. The Morgan fingerprint density at radius 1 is 1.35 bits per heavy atom. The minimum atomic E-state index is -4.48. The standard InChI is InChI=1S/C15H17F3N2O3/c16-15(17,18)9-19-14(23)12-5-2-6-20(12)13(22)8-10-3-1-4-11(21)7-10/h1,3-4,7,12,21H,2,5-6,8-9H2,(H,19,23)/t12-/m0/s1. The van der Waals surface area contributed by atoms with E-state index in [0.717, 1.165) is 0 Å². The molecule has 0 bridgehead atoms. The first kappa shape index (κ1) is 17.1. The van der Waals surface area contributed by atoms with E-state index in [1.807, 2.05) is 5.32 Å². The first-order valence-electron chi connectivity index (χ1n) is 7.18. The lowest BCUT2D eigenvalue weighted by Gasteiger charge is -2.24. The largest absolute Gasteiger partial charge is 0.508 e. The first-order valence-corrected chi connectivity index (χ1v) is 7.18. The van der Waals surface area contributed by atoms with E-state index in [1.165, 1.54) is 17.0 Å². The van der Waals surface area contributed by atoms with Gasteiger partial charge in [0.1, 0.15) is 18.3 Å². The average Bonchev–Trinajstić information content (AvgIpc) is 2.93. The van der Waals surface area contributed by atoms with E-state index in [2.05, 4.69) is 0 Å². The Balaban J connectivity index is 1.97. The molecule has 1 aromatic carbocycles. The molecule has 2 N–H and O–H groups in total. The van der Waals surface area contributed by atoms with Gasteiger partial charge in [-0.3, -0.25) is 9.59 Å². The van der Waals surface area contributed by atoms with Gasteiger partial charge in [-0.2, -0.15) is 13.2 Å². The number of carbonyl (C=O) groups is 2. The summed E-state index contributed by atoms with van der Waals surface area (Å²) >= 11 is 0. The van der Waals surface area contributed by atoms with Gasteiger partial charge in [-0.15, -0.1) is 0 Å². The number of amides is 2. The highest BCUT2D eigenvalue weighted by Gasteiger charge is 2.36. The van der Waals surface area contributed by atoms with Gasteiger partial charge in [0, 0.05) is 6.54 Å². The van der Waals surface area contributed by atoms with Gasteiger partial charge in [-0.1, -0.05) is 12.1 Å². The number of aromatic hydroxyl groups is 1. The van der Waals surface area contributed by atoms with E-state index >= 15 is 0 Å². The van der Waals surface area contributed by atoms with Gasteiger partial charge in [0.15, 0.2) is 0 Å². The maximum Gasteiger partial charge on any atom is 0.405 e. The minimum absolute atomic E-state index is 0.0164. The van der Waals surface area contributed by atoms with Gasteiger partial charge in [0.25, 0.3) is 0 Å². The average molecular weight is 330 g/mol. The van der Waals surface area contributed by atoms with Crippen LogP contribution in [0.2, 0.25) is 0 Å². The summed E-state index contributed by atoms with van der Waals surface area (Å²) in [6.45, 7) is -1.07. The highest BCUT2D eigenvalue weighted by molar-refractivity contribution is 5.89. The molecule has 0 saturated carbocycles. The van der Waals surface area contributed by atoms with Crippen molar-refractivity contribution in [3.05, 3.63) is 29.8 Å². The molecular weight excluding hydrogens is 313 g/mol. The highest BCUT2D eigenvalue weighted by Crippen LogP contribution is 2.21. The van der Waals surface area contributed by atoms with Crippen LogP contribution < -0.4 is 5.32 Å². The second-order valence-corrected chi connectivity index (χ2v) is 5.42. The highest BCUT2D eigenvalue weighted by atomic mass is 19.4. The molecule has 23 heavy (non-hydrogen) atoms. The van der Waals surface area contributed by atoms with Crippen LogP contribution in [-0.2, 0) is 16.0 Å². The number of hydrogen-bond acceptors (Lipinski definition) is 3. The van der Waals surface area contributed by atoms with Crippen LogP contribution in [0.1, 0.15) is 18.4 Å². The van der Waals surface area contributed by atoms with Crippen molar-refractivity contribution in [3.8, 4) is 5.75 Å². The monoisotopic (exact) mass is 330 g/mol. The molecule has 126 valence electrons. The van der Waals surface area contributed by atoms with Crippen molar-refractivity contribution in [1.29, 1.82) is 0 Å². The number of hydrogen-bond donors (Lipinski definition) is 2. The molecule has 5 nitrogen and oxygen atoms in total. The second-order valence-electron chi connectivity index (χ2n) is 5.42. The fourth-order valence-corrected chi connectivity index (χ4v) is 2.59. The summed E-state index contributed by atoms with van der Waals surface area (Å²) in [5, 5.41) is 11.2. The Morgan fingerprint density at radius 3 is 2.74 bits per heavy atom. The molecule has 2 amide bonds. The van der Waals surface area contributed by atoms with E-state index in [1.54, 1.807) is 12.1 Å². The summed E-state index contributed by atoms with van der Waals surface area (Å²) < 4.78 is 36.5. The smallest absolute Gasteiger partial charge is 0.405 e. The number of nitrogens with one attached hydrogen (secondary N) is 1. The SMILES string of the molecule is O=C(NCC(F)(F)F)[C@@H]1CCCN1C(=O)Cc1cccc(O)c1. The number of phenolic OH excluding ortho intramolecular Hbond substituents is 1. The lowest BCUT2D eigenvalue weighted by molar-refractivity contribution is -0.144. The van der Waals surface area contributed by atoms with Gasteiger partial charge in [0.2, 0.25) is 11.8 Å². The molecule has 0 spiro atoms. The molecule has 8 heteroatoms. The van der Waals surface area contributed by atoms with E-state index < -0.39 is 24.7 Å². The Kier molecular flexibility index (Phi) is 5.12. The van der Waals surface area contributed by atoms with Crippen molar-refractivity contribution in [3.63, 3.8) is 0 Å². The van der Waals surface area contributed by atoms with Crippen molar-refractivity contribution < 1.29 is 27.9 Å². The third-order valence-corrected chi connectivity index (χ3v) is 3.60. The Bertz CT molecular complexity index is 590. The predicted octanol–water partition coefficient (Wildman–Crippen LogP) is 1.60. The quantitative estimate of drug-likeness (QED) is 0.881. The zero-order valence-electron chi connectivity index (χ0n) is 12.3. The third-order valence-electron chi connectivity index (χ3n) is 3.60. The van der Waals surface area contributed by atoms with E-state index in [9.17, 15) is 27.9 Å². The van der Waals surface area contributed by atoms with Crippen LogP contribution in [0.4, 0.5) is 13.2 Å². The molecule has 1 heterocycles. The van der Waals surface area contributed by atoms with Crippen LogP contribution in [0.25, 0.3) is 0 Å². The van der Waals surface area contributed by atoms with Gasteiger partial charge in [0.05, 0.1) is 6.42 Å². The van der Waals surface area contributed by atoms with Crippen LogP contribution in [0, 0.1) is 0 Å². The Morgan fingerprint density at radius 2 is 2.09 bits per heavy atom. The normalized spacial score (nSPS) is 18.0. The lowest BCUT2D eigenvalue weighted by Crippen LogP contribution is -2.48. The number of nitrogens with zero attached hydrogens (tertiary/aromatic N) is 1. The minimum Gasteiger partial charge on any atom is -0.508 e. The number of benzene rings is 1. The maximum atomic E-state index is 12.3. The van der Waals surface area contributed by atoms with Gasteiger partial charge < -0.3 is 15.3 Å². The number of carbonyl (C=O) groups excluding carboxylic acids is 2. The van der Waals surface area contributed by atoms with Crippen molar-refractivity contribution in [2.75, 3.05) is 13.1 Å².